The van der Waals surface area contributed by atoms with Gasteiger partial charge in [0.25, 0.3) is 0 Å². The summed E-state index contributed by atoms with van der Waals surface area (Å²) in [5.41, 5.74) is 0. The molecule has 3 atom stereocenters. The Morgan fingerprint density at radius 1 is 1.35 bits per heavy atom. The number of fused-ring (bicyclic) bond motifs is 2. The first-order valence-corrected chi connectivity index (χ1v) is 8.75. The van der Waals surface area contributed by atoms with E-state index in [0.29, 0.717) is 13.0 Å². The number of nitrogens with zero attached hydrogens (tertiary/aromatic N) is 1. The van der Waals surface area contributed by atoms with Crippen molar-refractivity contribution in [3.63, 3.8) is 0 Å². The molecule has 2 N–H and O–H groups in total. The Balaban J connectivity index is 1.42. The van der Waals surface area contributed by atoms with E-state index in [1.54, 1.807) is 23.2 Å². The molecular weight excluding hydrogens is 310 g/mol. The van der Waals surface area contributed by atoms with Crippen molar-refractivity contribution in [1.82, 2.24) is 15.5 Å². The molecule has 2 aromatic rings. The number of benzene rings is 1. The number of hydrogen-bond acceptors (Lipinski definition) is 4. The van der Waals surface area contributed by atoms with Crippen molar-refractivity contribution in [2.75, 3.05) is 6.54 Å². The molecule has 2 fully saturated rings. The van der Waals surface area contributed by atoms with Gasteiger partial charge >= 0.3 is 0 Å². The lowest BCUT2D eigenvalue weighted by Crippen LogP contribution is -2.60. The third kappa shape index (κ3) is 2.62. The highest BCUT2D eigenvalue weighted by Crippen LogP contribution is 2.26. The number of thiophene rings is 1. The Kier molecular flexibility index (Phi) is 3.58. The first-order chi connectivity index (χ1) is 11.1. The SMILES string of the molecule is C[C@H]1NC(=O)[C@@H]2C[C@H](NCc3cc4ccccc4s3)CN2C1=O. The normalized spacial score (nSPS) is 27.3. The van der Waals surface area contributed by atoms with Crippen LogP contribution < -0.4 is 10.6 Å². The van der Waals surface area contributed by atoms with Gasteiger partial charge in [-0.05, 0) is 30.9 Å². The van der Waals surface area contributed by atoms with Gasteiger partial charge in [-0.3, -0.25) is 9.59 Å². The van der Waals surface area contributed by atoms with E-state index in [2.05, 4.69) is 34.9 Å². The molecule has 0 spiro atoms. The average Bonchev–Trinajstić information content (AvgIpc) is 3.14. The molecular formula is C17H19N3O2S. The zero-order chi connectivity index (χ0) is 16.0. The average molecular weight is 329 g/mol. The number of hydrogen-bond donors (Lipinski definition) is 2. The van der Waals surface area contributed by atoms with Crippen LogP contribution in [-0.4, -0.2) is 41.4 Å². The van der Waals surface area contributed by atoms with Crippen LogP contribution in [0.15, 0.2) is 30.3 Å². The molecule has 120 valence electrons. The Bertz CT molecular complexity index is 739. The van der Waals surface area contributed by atoms with Gasteiger partial charge in [-0.2, -0.15) is 0 Å². The minimum atomic E-state index is -0.403. The van der Waals surface area contributed by atoms with Crippen LogP contribution in [0, 0.1) is 0 Å². The van der Waals surface area contributed by atoms with Crippen molar-refractivity contribution in [2.24, 2.45) is 0 Å². The summed E-state index contributed by atoms with van der Waals surface area (Å²) in [4.78, 5) is 27.2. The van der Waals surface area contributed by atoms with Gasteiger partial charge in [-0.15, -0.1) is 11.3 Å². The van der Waals surface area contributed by atoms with Gasteiger partial charge in [0.2, 0.25) is 11.8 Å². The highest BCUT2D eigenvalue weighted by atomic mass is 32.1. The third-order valence-corrected chi connectivity index (χ3v) is 5.77. The maximum atomic E-state index is 12.2. The fourth-order valence-corrected chi connectivity index (χ4v) is 4.48. The van der Waals surface area contributed by atoms with E-state index in [0.717, 1.165) is 6.54 Å². The molecule has 5 nitrogen and oxygen atoms in total. The lowest BCUT2D eigenvalue weighted by atomic mass is 10.1. The van der Waals surface area contributed by atoms with Crippen LogP contribution in [-0.2, 0) is 16.1 Å². The van der Waals surface area contributed by atoms with Gasteiger partial charge in [0.1, 0.15) is 12.1 Å². The fourth-order valence-electron chi connectivity index (χ4n) is 3.46. The predicted octanol–water partition coefficient (Wildman–Crippen LogP) is 1.48. The number of piperazine rings is 1. The summed E-state index contributed by atoms with van der Waals surface area (Å²) in [5, 5.41) is 7.53. The highest BCUT2D eigenvalue weighted by Gasteiger charge is 2.44. The molecule has 0 bridgehead atoms. The molecule has 0 radical (unpaired) electrons. The second kappa shape index (κ2) is 5.62. The molecule has 2 saturated heterocycles. The van der Waals surface area contributed by atoms with Gasteiger partial charge in [0, 0.05) is 28.7 Å². The van der Waals surface area contributed by atoms with E-state index < -0.39 is 6.04 Å². The number of nitrogens with one attached hydrogen (secondary N) is 2. The van der Waals surface area contributed by atoms with E-state index in [1.165, 1.54) is 15.0 Å². The molecule has 3 heterocycles. The molecule has 0 aliphatic carbocycles. The van der Waals surface area contributed by atoms with Crippen LogP contribution in [0.5, 0.6) is 0 Å². The van der Waals surface area contributed by atoms with Gasteiger partial charge in [-0.25, -0.2) is 0 Å². The quantitative estimate of drug-likeness (QED) is 0.897. The van der Waals surface area contributed by atoms with Crippen LogP contribution in [0.3, 0.4) is 0 Å². The third-order valence-electron chi connectivity index (χ3n) is 4.66. The second-order valence-corrected chi connectivity index (χ2v) is 7.47. The summed E-state index contributed by atoms with van der Waals surface area (Å²) in [7, 11) is 0. The molecule has 0 unspecified atom stereocenters. The Labute approximate surface area is 138 Å². The minimum absolute atomic E-state index is 0.0248. The van der Waals surface area contributed by atoms with Crippen molar-refractivity contribution in [3.05, 3.63) is 35.2 Å². The van der Waals surface area contributed by atoms with Crippen molar-refractivity contribution in [3.8, 4) is 0 Å². The van der Waals surface area contributed by atoms with Crippen molar-refractivity contribution < 1.29 is 9.59 Å². The summed E-state index contributed by atoms with van der Waals surface area (Å²) >= 11 is 1.79. The Hall–Kier alpha value is -1.92. The summed E-state index contributed by atoms with van der Waals surface area (Å²) in [6.45, 7) is 3.14. The molecule has 23 heavy (non-hydrogen) atoms. The largest absolute Gasteiger partial charge is 0.343 e. The molecule has 4 rings (SSSR count). The van der Waals surface area contributed by atoms with E-state index >= 15 is 0 Å². The van der Waals surface area contributed by atoms with Crippen LogP contribution in [0.4, 0.5) is 0 Å². The van der Waals surface area contributed by atoms with Crippen LogP contribution in [0.1, 0.15) is 18.2 Å². The molecule has 2 amide bonds. The van der Waals surface area contributed by atoms with Crippen LogP contribution in [0.2, 0.25) is 0 Å². The summed E-state index contributed by atoms with van der Waals surface area (Å²) in [6.07, 6.45) is 0.690. The maximum Gasteiger partial charge on any atom is 0.245 e. The first-order valence-electron chi connectivity index (χ1n) is 7.93. The minimum Gasteiger partial charge on any atom is -0.343 e. The van der Waals surface area contributed by atoms with Gasteiger partial charge in [0.05, 0.1) is 0 Å². The second-order valence-electron chi connectivity index (χ2n) is 6.30. The number of carbonyl (C=O) groups excluding carboxylic acids is 2. The van der Waals surface area contributed by atoms with Crippen molar-refractivity contribution >= 4 is 33.2 Å². The molecule has 2 aliphatic rings. The predicted molar refractivity (Wildman–Crippen MR) is 90.2 cm³/mol. The van der Waals surface area contributed by atoms with E-state index in [1.807, 2.05) is 6.07 Å². The van der Waals surface area contributed by atoms with E-state index in [4.69, 9.17) is 0 Å². The van der Waals surface area contributed by atoms with Crippen molar-refractivity contribution in [2.45, 2.75) is 38.0 Å². The zero-order valence-corrected chi connectivity index (χ0v) is 13.7. The summed E-state index contributed by atoms with van der Waals surface area (Å²) < 4.78 is 1.29. The summed E-state index contributed by atoms with van der Waals surface area (Å²) in [6, 6.07) is 10.0. The Morgan fingerprint density at radius 3 is 3.00 bits per heavy atom. The van der Waals surface area contributed by atoms with Crippen LogP contribution >= 0.6 is 11.3 Å². The van der Waals surface area contributed by atoms with Crippen LogP contribution in [0.25, 0.3) is 10.1 Å². The summed E-state index contributed by atoms with van der Waals surface area (Å²) in [5.74, 6) is 0.00373. The number of rotatable bonds is 3. The molecule has 0 saturated carbocycles. The topological polar surface area (TPSA) is 61.4 Å². The van der Waals surface area contributed by atoms with Gasteiger partial charge in [-0.1, -0.05) is 18.2 Å². The van der Waals surface area contributed by atoms with Crippen molar-refractivity contribution in [1.29, 1.82) is 0 Å². The molecule has 2 aliphatic heterocycles. The molecule has 1 aromatic carbocycles. The Morgan fingerprint density at radius 2 is 2.17 bits per heavy atom. The lowest BCUT2D eigenvalue weighted by molar-refractivity contribution is -0.146. The highest BCUT2D eigenvalue weighted by molar-refractivity contribution is 7.19. The van der Waals surface area contributed by atoms with Gasteiger partial charge in [0.15, 0.2) is 0 Å². The smallest absolute Gasteiger partial charge is 0.245 e. The lowest BCUT2D eigenvalue weighted by Gasteiger charge is -2.32. The monoisotopic (exact) mass is 329 g/mol. The standard InChI is InChI=1S/C17H19N3O2S/c1-10-17(22)20-9-12(7-14(20)16(21)19-10)18-8-13-6-11-4-2-3-5-15(11)23-13/h2-6,10,12,14,18H,7-9H2,1H3,(H,19,21)/t10-,12+,14+/m1/s1. The number of amides is 2. The molecule has 1 aromatic heterocycles. The van der Waals surface area contributed by atoms with E-state index in [-0.39, 0.29) is 23.9 Å². The fraction of sp³-hybridized carbons (Fsp3) is 0.412. The van der Waals surface area contributed by atoms with E-state index in [9.17, 15) is 9.59 Å². The van der Waals surface area contributed by atoms with Gasteiger partial charge < -0.3 is 15.5 Å². The maximum absolute atomic E-state index is 12.2. The number of carbonyl (C=O) groups is 2. The first kappa shape index (κ1) is 14.7. The zero-order valence-electron chi connectivity index (χ0n) is 12.9. The molecule has 6 heteroatoms.